The number of aliphatic hydroxyl groups is 1. The average molecular weight is 418 g/mol. The fraction of sp³-hybridized carbons (Fsp3) is 0.286. The van der Waals surface area contributed by atoms with E-state index in [1.165, 1.54) is 18.2 Å². The molecule has 2 atom stereocenters. The number of carbonyl (C=O) groups is 3. The van der Waals surface area contributed by atoms with E-state index in [-0.39, 0.29) is 13.0 Å². The van der Waals surface area contributed by atoms with Gasteiger partial charge in [-0.1, -0.05) is 42.5 Å². The number of methoxy groups -OCH3 is 1. The quantitative estimate of drug-likeness (QED) is 0.529. The summed E-state index contributed by atoms with van der Waals surface area (Å²) in [6, 6.07) is 12.0. The molecule has 2 aromatic carbocycles. The van der Waals surface area contributed by atoms with E-state index >= 15 is 0 Å². The van der Waals surface area contributed by atoms with Crippen LogP contribution in [0.15, 0.2) is 54.6 Å². The van der Waals surface area contributed by atoms with Gasteiger partial charge in [-0.05, 0) is 23.3 Å². The van der Waals surface area contributed by atoms with Crippen molar-refractivity contribution in [3.05, 3.63) is 71.5 Å². The Bertz CT molecular complexity index is 862. The Hall–Kier alpha value is -3.46. The van der Waals surface area contributed by atoms with Gasteiger partial charge >= 0.3 is 12.1 Å². The molecule has 0 heterocycles. The summed E-state index contributed by atoms with van der Waals surface area (Å²) in [7, 11) is 1.15. The normalized spacial score (nSPS) is 12.4. The molecule has 0 aliphatic rings. The van der Waals surface area contributed by atoms with E-state index in [0.717, 1.165) is 12.7 Å². The Balaban J connectivity index is 1.95. The number of halogens is 1. The summed E-state index contributed by atoms with van der Waals surface area (Å²) in [6.45, 7) is -0.739. The first kappa shape index (κ1) is 22.8. The topological polar surface area (TPSA) is 114 Å². The van der Waals surface area contributed by atoms with Crippen LogP contribution in [0.3, 0.4) is 0 Å². The molecule has 0 unspecified atom stereocenters. The van der Waals surface area contributed by atoms with Gasteiger partial charge in [-0.15, -0.1) is 0 Å². The number of alkyl carbamates (subject to hydrolysis) is 1. The SMILES string of the molecule is COC(=O)[C@H](Cc1cccc(F)c1)NC(=O)[C@H](CO)NC(=O)OCc1ccccc1. The van der Waals surface area contributed by atoms with E-state index in [4.69, 9.17) is 4.74 Å². The predicted molar refractivity (Wildman–Crippen MR) is 105 cm³/mol. The Morgan fingerprint density at radius 3 is 2.33 bits per heavy atom. The van der Waals surface area contributed by atoms with Gasteiger partial charge in [0.15, 0.2) is 0 Å². The second-order valence-corrected chi connectivity index (χ2v) is 6.36. The lowest BCUT2D eigenvalue weighted by molar-refractivity contribution is -0.145. The third-order valence-electron chi connectivity index (χ3n) is 4.13. The van der Waals surface area contributed by atoms with E-state index in [2.05, 4.69) is 15.4 Å². The van der Waals surface area contributed by atoms with Crippen molar-refractivity contribution in [3.8, 4) is 0 Å². The molecule has 2 rings (SSSR count). The molecule has 8 nitrogen and oxygen atoms in total. The summed E-state index contributed by atoms with van der Waals surface area (Å²) >= 11 is 0. The fourth-order valence-electron chi connectivity index (χ4n) is 2.61. The number of aliphatic hydroxyl groups excluding tert-OH is 1. The van der Waals surface area contributed by atoms with Crippen LogP contribution in [0.2, 0.25) is 0 Å². The first-order chi connectivity index (χ1) is 14.4. The van der Waals surface area contributed by atoms with E-state index in [0.29, 0.717) is 5.56 Å². The zero-order chi connectivity index (χ0) is 21.9. The summed E-state index contributed by atoms with van der Waals surface area (Å²) in [5.74, 6) is -2.06. The molecular formula is C21H23FN2O6. The Kier molecular flexibility index (Phi) is 8.76. The highest BCUT2D eigenvalue weighted by Gasteiger charge is 2.27. The van der Waals surface area contributed by atoms with Crippen LogP contribution < -0.4 is 10.6 Å². The highest BCUT2D eigenvalue weighted by Crippen LogP contribution is 2.08. The molecular weight excluding hydrogens is 395 g/mol. The van der Waals surface area contributed by atoms with Gasteiger partial charge in [-0.2, -0.15) is 0 Å². The summed E-state index contributed by atoms with van der Waals surface area (Å²) in [5, 5.41) is 14.1. The lowest BCUT2D eigenvalue weighted by atomic mass is 10.1. The number of benzene rings is 2. The van der Waals surface area contributed by atoms with Crippen LogP contribution in [0.5, 0.6) is 0 Å². The third kappa shape index (κ3) is 7.17. The van der Waals surface area contributed by atoms with Crippen LogP contribution >= 0.6 is 0 Å². The second kappa shape index (κ2) is 11.5. The number of hydrogen-bond acceptors (Lipinski definition) is 6. The van der Waals surface area contributed by atoms with Crippen LogP contribution in [-0.4, -0.2) is 48.9 Å². The Morgan fingerprint density at radius 1 is 1.00 bits per heavy atom. The molecule has 3 N–H and O–H groups in total. The van der Waals surface area contributed by atoms with Crippen LogP contribution in [0.25, 0.3) is 0 Å². The highest BCUT2D eigenvalue weighted by molar-refractivity contribution is 5.89. The summed E-state index contributed by atoms with van der Waals surface area (Å²) in [6.07, 6.45) is -0.944. The van der Waals surface area contributed by atoms with Gasteiger partial charge in [0.2, 0.25) is 5.91 Å². The maximum atomic E-state index is 13.4. The number of amides is 2. The lowest BCUT2D eigenvalue weighted by Crippen LogP contribution is -2.54. The zero-order valence-electron chi connectivity index (χ0n) is 16.3. The Morgan fingerprint density at radius 2 is 1.70 bits per heavy atom. The molecule has 0 spiro atoms. The van der Waals surface area contributed by atoms with Crippen LogP contribution in [0, 0.1) is 5.82 Å². The minimum absolute atomic E-state index is 0.0171. The molecule has 0 fully saturated rings. The molecule has 0 saturated heterocycles. The summed E-state index contributed by atoms with van der Waals surface area (Å²) < 4.78 is 23.1. The van der Waals surface area contributed by atoms with Crippen molar-refractivity contribution in [1.29, 1.82) is 0 Å². The van der Waals surface area contributed by atoms with Crippen molar-refractivity contribution >= 4 is 18.0 Å². The largest absolute Gasteiger partial charge is 0.467 e. The van der Waals surface area contributed by atoms with Crippen molar-refractivity contribution in [2.75, 3.05) is 13.7 Å². The smallest absolute Gasteiger partial charge is 0.408 e. The van der Waals surface area contributed by atoms with Gasteiger partial charge in [0.25, 0.3) is 0 Å². The minimum Gasteiger partial charge on any atom is -0.467 e. The molecule has 0 aliphatic heterocycles. The summed E-state index contributed by atoms with van der Waals surface area (Å²) in [5.41, 5.74) is 1.21. The van der Waals surface area contributed by atoms with Crippen LogP contribution in [0.1, 0.15) is 11.1 Å². The molecule has 30 heavy (non-hydrogen) atoms. The molecule has 2 amide bonds. The predicted octanol–water partition coefficient (Wildman–Crippen LogP) is 1.31. The van der Waals surface area contributed by atoms with Crippen molar-refractivity contribution in [2.45, 2.75) is 25.1 Å². The Labute approximate surface area is 173 Å². The lowest BCUT2D eigenvalue weighted by Gasteiger charge is -2.21. The number of ether oxygens (including phenoxy) is 2. The number of rotatable bonds is 9. The van der Waals surface area contributed by atoms with E-state index < -0.39 is 42.5 Å². The molecule has 0 radical (unpaired) electrons. The first-order valence-corrected chi connectivity index (χ1v) is 9.13. The van der Waals surface area contributed by atoms with Crippen molar-refractivity contribution < 1.29 is 33.4 Å². The maximum Gasteiger partial charge on any atom is 0.408 e. The average Bonchev–Trinajstić information content (AvgIpc) is 2.75. The van der Waals surface area contributed by atoms with Crippen molar-refractivity contribution in [2.24, 2.45) is 0 Å². The van der Waals surface area contributed by atoms with E-state index in [9.17, 15) is 23.9 Å². The van der Waals surface area contributed by atoms with Gasteiger partial charge < -0.3 is 25.2 Å². The van der Waals surface area contributed by atoms with Crippen LogP contribution in [0.4, 0.5) is 9.18 Å². The molecule has 0 bridgehead atoms. The molecule has 9 heteroatoms. The first-order valence-electron chi connectivity index (χ1n) is 9.13. The number of esters is 1. The van der Waals surface area contributed by atoms with Crippen molar-refractivity contribution in [3.63, 3.8) is 0 Å². The monoisotopic (exact) mass is 418 g/mol. The molecule has 160 valence electrons. The summed E-state index contributed by atoms with van der Waals surface area (Å²) in [4.78, 5) is 36.4. The second-order valence-electron chi connectivity index (χ2n) is 6.36. The molecule has 0 aliphatic carbocycles. The molecule has 2 aromatic rings. The number of carbonyl (C=O) groups excluding carboxylic acids is 3. The zero-order valence-corrected chi connectivity index (χ0v) is 16.3. The van der Waals surface area contributed by atoms with Crippen LogP contribution in [-0.2, 0) is 32.1 Å². The highest BCUT2D eigenvalue weighted by atomic mass is 19.1. The third-order valence-corrected chi connectivity index (χ3v) is 4.13. The minimum atomic E-state index is -1.35. The number of hydrogen-bond donors (Lipinski definition) is 3. The van der Waals surface area contributed by atoms with E-state index in [1.54, 1.807) is 30.3 Å². The molecule has 0 saturated carbocycles. The molecule has 0 aromatic heterocycles. The van der Waals surface area contributed by atoms with Gasteiger partial charge in [0, 0.05) is 6.42 Å². The van der Waals surface area contributed by atoms with Gasteiger partial charge in [0.05, 0.1) is 13.7 Å². The van der Waals surface area contributed by atoms with Gasteiger partial charge in [0.1, 0.15) is 24.5 Å². The standard InChI is InChI=1S/C21H23FN2O6/c1-29-20(27)17(11-15-8-5-9-16(22)10-15)23-19(26)18(12-25)24-21(28)30-13-14-6-3-2-4-7-14/h2-10,17-18,25H,11-13H2,1H3,(H,23,26)(H,24,28)/t17-,18-/m0/s1. The van der Waals surface area contributed by atoms with Crippen molar-refractivity contribution in [1.82, 2.24) is 10.6 Å². The maximum absolute atomic E-state index is 13.4. The van der Waals surface area contributed by atoms with Gasteiger partial charge in [-0.25, -0.2) is 14.0 Å². The number of nitrogens with one attached hydrogen (secondary N) is 2. The fourth-order valence-corrected chi connectivity index (χ4v) is 2.61. The van der Waals surface area contributed by atoms with Gasteiger partial charge in [-0.3, -0.25) is 4.79 Å². The van der Waals surface area contributed by atoms with E-state index in [1.807, 2.05) is 6.07 Å².